The Hall–Kier alpha value is -2.23. The molecule has 0 spiro atoms. The fourth-order valence-corrected chi connectivity index (χ4v) is 1.67. The number of non-ortho nitro benzene ring substituents is 1. The number of nitrogens with zero attached hydrogens (tertiary/aromatic N) is 1. The molecule has 0 saturated carbocycles. The van der Waals surface area contributed by atoms with Gasteiger partial charge in [0.15, 0.2) is 0 Å². The first-order valence-corrected chi connectivity index (χ1v) is 7.83. The molecule has 0 heterocycles. The van der Waals surface area contributed by atoms with Gasteiger partial charge in [0.25, 0.3) is 5.69 Å². The summed E-state index contributed by atoms with van der Waals surface area (Å²) in [7, 11) is 0. The van der Waals surface area contributed by atoms with Crippen LogP contribution in [0.4, 0.5) is 5.69 Å². The Morgan fingerprint density at radius 2 is 1.36 bits per heavy atom. The zero-order valence-corrected chi connectivity index (χ0v) is 14.2. The highest BCUT2D eigenvalue weighted by molar-refractivity contribution is 5.65. The van der Waals surface area contributed by atoms with Gasteiger partial charge in [-0.25, -0.2) is 0 Å². The molecule has 9 heteroatoms. The van der Waals surface area contributed by atoms with Crippen LogP contribution in [0.5, 0.6) is 5.75 Å². The first-order valence-electron chi connectivity index (χ1n) is 7.83. The van der Waals surface area contributed by atoms with E-state index in [-0.39, 0.29) is 18.3 Å². The molecule has 0 aliphatic heterocycles. The van der Waals surface area contributed by atoms with Crippen molar-refractivity contribution in [1.82, 2.24) is 0 Å². The molecule has 1 aromatic carbocycles. The van der Waals surface area contributed by atoms with Crippen molar-refractivity contribution in [1.29, 1.82) is 0 Å². The van der Waals surface area contributed by atoms with Gasteiger partial charge < -0.3 is 23.7 Å². The van der Waals surface area contributed by atoms with Crippen LogP contribution in [0.15, 0.2) is 24.3 Å². The molecule has 0 aliphatic carbocycles. The zero-order valence-electron chi connectivity index (χ0n) is 14.2. The van der Waals surface area contributed by atoms with E-state index in [1.807, 2.05) is 0 Å². The Morgan fingerprint density at radius 3 is 1.84 bits per heavy atom. The van der Waals surface area contributed by atoms with E-state index in [9.17, 15) is 14.9 Å². The lowest BCUT2D eigenvalue weighted by atomic mass is 10.3. The van der Waals surface area contributed by atoms with Crippen LogP contribution < -0.4 is 4.74 Å². The monoisotopic (exact) mass is 357 g/mol. The summed E-state index contributed by atoms with van der Waals surface area (Å²) in [6.45, 7) is 4.39. The summed E-state index contributed by atoms with van der Waals surface area (Å²) in [6.07, 6.45) is 0. The molecule has 1 aromatic rings. The number of carbonyl (C=O) groups is 1. The molecule has 0 amide bonds. The molecule has 0 N–H and O–H groups in total. The lowest BCUT2D eigenvalue weighted by Gasteiger charge is -2.08. The first kappa shape index (κ1) is 20.8. The molecule has 25 heavy (non-hydrogen) atoms. The van der Waals surface area contributed by atoms with Gasteiger partial charge in [-0.1, -0.05) is 0 Å². The molecule has 0 fully saturated rings. The molecule has 0 aromatic heterocycles. The summed E-state index contributed by atoms with van der Waals surface area (Å²) in [4.78, 5) is 20.6. The lowest BCUT2D eigenvalue weighted by molar-refractivity contribution is -0.384. The van der Waals surface area contributed by atoms with Crippen molar-refractivity contribution >= 4 is 11.7 Å². The van der Waals surface area contributed by atoms with Gasteiger partial charge in [0.1, 0.15) is 19.0 Å². The average molecular weight is 357 g/mol. The first-order chi connectivity index (χ1) is 12.1. The molecule has 140 valence electrons. The summed E-state index contributed by atoms with van der Waals surface area (Å²) < 4.78 is 25.9. The van der Waals surface area contributed by atoms with Crippen molar-refractivity contribution < 1.29 is 33.4 Å². The van der Waals surface area contributed by atoms with Gasteiger partial charge >= 0.3 is 5.97 Å². The van der Waals surface area contributed by atoms with Crippen molar-refractivity contribution in [2.75, 3.05) is 52.9 Å². The van der Waals surface area contributed by atoms with Crippen molar-refractivity contribution in [3.8, 4) is 5.75 Å². The second-order valence-electron chi connectivity index (χ2n) is 4.78. The third-order valence-electron chi connectivity index (χ3n) is 2.82. The summed E-state index contributed by atoms with van der Waals surface area (Å²) in [5.74, 6) is 0.228. The Bertz CT molecular complexity index is 505. The van der Waals surface area contributed by atoms with E-state index in [4.69, 9.17) is 23.7 Å². The number of hydrogen-bond acceptors (Lipinski definition) is 8. The average Bonchev–Trinajstić information content (AvgIpc) is 2.59. The van der Waals surface area contributed by atoms with Gasteiger partial charge in [0.2, 0.25) is 0 Å². The summed E-state index contributed by atoms with van der Waals surface area (Å²) >= 11 is 0. The van der Waals surface area contributed by atoms with E-state index < -0.39 is 4.92 Å². The maximum Gasteiger partial charge on any atom is 0.302 e. The second kappa shape index (κ2) is 13.1. The van der Waals surface area contributed by atoms with Crippen LogP contribution in [0.3, 0.4) is 0 Å². The molecule has 0 saturated heterocycles. The van der Waals surface area contributed by atoms with Gasteiger partial charge in [-0.15, -0.1) is 0 Å². The van der Waals surface area contributed by atoms with E-state index in [2.05, 4.69) is 0 Å². The summed E-state index contributed by atoms with van der Waals surface area (Å²) in [5, 5.41) is 10.5. The second-order valence-corrected chi connectivity index (χ2v) is 4.78. The molecule has 0 aliphatic rings. The van der Waals surface area contributed by atoms with Crippen LogP contribution in [0.1, 0.15) is 6.92 Å². The standard InChI is InChI=1S/C16H23NO8/c1-14(18)24-12-10-22-8-6-21-7-9-23-11-13-25-16-4-2-15(3-5-16)17(19)20/h2-5H,6-13H2,1H3. The normalized spacial score (nSPS) is 10.4. The topological polar surface area (TPSA) is 106 Å². The Morgan fingerprint density at radius 1 is 0.880 bits per heavy atom. The van der Waals surface area contributed by atoms with E-state index in [0.717, 1.165) is 0 Å². The molecular formula is C16H23NO8. The van der Waals surface area contributed by atoms with Crippen molar-refractivity contribution in [3.05, 3.63) is 34.4 Å². The number of hydrogen-bond donors (Lipinski definition) is 0. The van der Waals surface area contributed by atoms with Crippen LogP contribution in [0.25, 0.3) is 0 Å². The van der Waals surface area contributed by atoms with Gasteiger partial charge in [0.05, 0.1) is 44.6 Å². The van der Waals surface area contributed by atoms with E-state index in [1.165, 1.54) is 19.1 Å². The fraction of sp³-hybridized carbons (Fsp3) is 0.562. The minimum Gasteiger partial charge on any atom is -0.491 e. The summed E-state index contributed by atoms with van der Waals surface area (Å²) in [6, 6.07) is 5.86. The smallest absolute Gasteiger partial charge is 0.302 e. The number of nitro groups is 1. The van der Waals surface area contributed by atoms with Gasteiger partial charge in [-0.05, 0) is 12.1 Å². The maximum absolute atomic E-state index is 10.5. The number of carbonyl (C=O) groups excluding carboxylic acids is 1. The zero-order chi connectivity index (χ0) is 18.3. The Balaban J connectivity index is 1.87. The van der Waals surface area contributed by atoms with E-state index in [1.54, 1.807) is 12.1 Å². The van der Waals surface area contributed by atoms with Crippen LogP contribution in [-0.2, 0) is 23.7 Å². The number of ether oxygens (including phenoxy) is 5. The van der Waals surface area contributed by atoms with E-state index >= 15 is 0 Å². The molecule has 0 bridgehead atoms. The molecule has 9 nitrogen and oxygen atoms in total. The van der Waals surface area contributed by atoms with Crippen LogP contribution >= 0.6 is 0 Å². The Labute approximate surface area is 145 Å². The molecule has 0 radical (unpaired) electrons. The number of esters is 1. The number of rotatable bonds is 14. The van der Waals surface area contributed by atoms with Gasteiger partial charge in [-0.2, -0.15) is 0 Å². The minimum absolute atomic E-state index is 0.0242. The minimum atomic E-state index is -0.460. The van der Waals surface area contributed by atoms with Crippen LogP contribution in [-0.4, -0.2) is 63.7 Å². The van der Waals surface area contributed by atoms with Crippen LogP contribution in [0, 0.1) is 10.1 Å². The quantitative estimate of drug-likeness (QED) is 0.214. The molecule has 0 unspecified atom stereocenters. The van der Waals surface area contributed by atoms with E-state index in [0.29, 0.717) is 52.0 Å². The predicted octanol–water partition coefficient (Wildman–Crippen LogP) is 1.59. The number of nitro benzene ring substituents is 1. The van der Waals surface area contributed by atoms with Crippen LogP contribution in [0.2, 0.25) is 0 Å². The third kappa shape index (κ3) is 11.0. The fourth-order valence-electron chi connectivity index (χ4n) is 1.67. The SMILES string of the molecule is CC(=O)OCCOCCOCCOCCOc1ccc([N+](=O)[O-])cc1. The molecule has 1 rings (SSSR count). The van der Waals surface area contributed by atoms with Gasteiger partial charge in [-0.3, -0.25) is 14.9 Å². The van der Waals surface area contributed by atoms with Gasteiger partial charge in [0, 0.05) is 19.1 Å². The highest BCUT2D eigenvalue weighted by Crippen LogP contribution is 2.16. The highest BCUT2D eigenvalue weighted by Gasteiger charge is 2.04. The molecular weight excluding hydrogens is 334 g/mol. The van der Waals surface area contributed by atoms with Crippen molar-refractivity contribution in [3.63, 3.8) is 0 Å². The lowest BCUT2D eigenvalue weighted by Crippen LogP contribution is -2.14. The third-order valence-corrected chi connectivity index (χ3v) is 2.82. The largest absolute Gasteiger partial charge is 0.491 e. The predicted molar refractivity (Wildman–Crippen MR) is 87.7 cm³/mol. The number of benzene rings is 1. The molecule has 0 atom stereocenters. The van der Waals surface area contributed by atoms with Crippen molar-refractivity contribution in [2.24, 2.45) is 0 Å². The highest BCUT2D eigenvalue weighted by atomic mass is 16.6. The maximum atomic E-state index is 10.5. The Kier molecular flexibility index (Phi) is 10.9. The summed E-state index contributed by atoms with van der Waals surface area (Å²) in [5.41, 5.74) is 0.0242. The van der Waals surface area contributed by atoms with Crippen molar-refractivity contribution in [2.45, 2.75) is 6.92 Å².